The summed E-state index contributed by atoms with van der Waals surface area (Å²) >= 11 is 0. The number of rotatable bonds is 9. The van der Waals surface area contributed by atoms with E-state index in [4.69, 9.17) is 13.9 Å². The Morgan fingerprint density at radius 2 is 1.94 bits per heavy atom. The summed E-state index contributed by atoms with van der Waals surface area (Å²) in [7, 11) is 3.08. The van der Waals surface area contributed by atoms with E-state index in [1.165, 1.54) is 13.4 Å². The van der Waals surface area contributed by atoms with E-state index >= 15 is 0 Å². The molecular weight excluding hydrogens is 414 g/mol. The van der Waals surface area contributed by atoms with Crippen LogP contribution in [0, 0.1) is 5.92 Å². The molecule has 1 atom stereocenters. The van der Waals surface area contributed by atoms with Gasteiger partial charge in [0.2, 0.25) is 5.91 Å². The summed E-state index contributed by atoms with van der Waals surface area (Å²) in [6.45, 7) is 1.66. The lowest BCUT2D eigenvalue weighted by molar-refractivity contribution is -0.124. The molecule has 9 nitrogen and oxygen atoms in total. The third-order valence-electron chi connectivity index (χ3n) is 5.54. The number of ether oxygens (including phenoxy) is 2. The number of furan rings is 1. The number of nitrogens with one attached hydrogen (secondary N) is 2. The van der Waals surface area contributed by atoms with Crippen LogP contribution in [-0.4, -0.2) is 69.1 Å². The Kier molecular flexibility index (Phi) is 8.27. The van der Waals surface area contributed by atoms with Crippen LogP contribution in [0.15, 0.2) is 47.1 Å². The molecule has 3 amide bonds. The number of carbonyl (C=O) groups is 3. The molecular formula is C23H29N3O6. The Morgan fingerprint density at radius 3 is 2.59 bits per heavy atom. The van der Waals surface area contributed by atoms with Crippen LogP contribution >= 0.6 is 0 Å². The first-order valence-corrected chi connectivity index (χ1v) is 10.6. The van der Waals surface area contributed by atoms with E-state index in [0.717, 1.165) is 0 Å². The van der Waals surface area contributed by atoms with Crippen LogP contribution in [0.2, 0.25) is 0 Å². The van der Waals surface area contributed by atoms with Crippen molar-refractivity contribution in [3.05, 3.63) is 54.0 Å². The molecule has 172 valence electrons. The van der Waals surface area contributed by atoms with E-state index < -0.39 is 6.04 Å². The summed E-state index contributed by atoms with van der Waals surface area (Å²) in [5.41, 5.74) is 0.407. The zero-order valence-corrected chi connectivity index (χ0v) is 18.3. The van der Waals surface area contributed by atoms with Crippen LogP contribution in [0.1, 0.15) is 33.8 Å². The van der Waals surface area contributed by atoms with E-state index in [2.05, 4.69) is 10.6 Å². The molecule has 0 radical (unpaired) electrons. The zero-order chi connectivity index (χ0) is 22.9. The fourth-order valence-corrected chi connectivity index (χ4v) is 3.76. The molecule has 1 fully saturated rings. The van der Waals surface area contributed by atoms with Gasteiger partial charge in [0.1, 0.15) is 11.8 Å². The van der Waals surface area contributed by atoms with E-state index in [0.29, 0.717) is 56.2 Å². The monoisotopic (exact) mass is 443 g/mol. The van der Waals surface area contributed by atoms with E-state index in [9.17, 15) is 14.4 Å². The fourth-order valence-electron chi connectivity index (χ4n) is 3.76. The lowest BCUT2D eigenvalue weighted by Gasteiger charge is -2.35. The second-order valence-corrected chi connectivity index (χ2v) is 7.57. The number of carbonyl (C=O) groups excluding carboxylic acids is 3. The summed E-state index contributed by atoms with van der Waals surface area (Å²) < 4.78 is 15.4. The van der Waals surface area contributed by atoms with Gasteiger partial charge in [-0.2, -0.15) is 0 Å². The Labute approximate surface area is 187 Å². The molecule has 0 unspecified atom stereocenters. The van der Waals surface area contributed by atoms with Gasteiger partial charge < -0.3 is 29.4 Å². The summed E-state index contributed by atoms with van der Waals surface area (Å²) in [5.74, 6) is -0.0613. The van der Waals surface area contributed by atoms with Crippen molar-refractivity contribution in [2.24, 2.45) is 5.92 Å². The minimum absolute atomic E-state index is 0.118. The number of benzene rings is 1. The quantitative estimate of drug-likeness (QED) is 0.571. The van der Waals surface area contributed by atoms with Crippen molar-refractivity contribution in [1.82, 2.24) is 15.5 Å². The van der Waals surface area contributed by atoms with Gasteiger partial charge in [0, 0.05) is 32.3 Å². The number of likely N-dealkylation sites (tertiary alicyclic amines) is 1. The van der Waals surface area contributed by atoms with Gasteiger partial charge in [-0.1, -0.05) is 6.07 Å². The normalized spacial score (nSPS) is 15.1. The SMILES string of the molecule is COCCNC(=O)[C@H](NC(=O)c1cccc(OC)c1)C1CCN(C(=O)c2ccco2)CC1. The molecule has 1 aliphatic heterocycles. The maximum atomic E-state index is 12.9. The Morgan fingerprint density at radius 1 is 1.16 bits per heavy atom. The van der Waals surface area contributed by atoms with Crippen molar-refractivity contribution < 1.29 is 28.3 Å². The molecule has 1 aromatic carbocycles. The van der Waals surface area contributed by atoms with Crippen LogP contribution in [0.5, 0.6) is 5.75 Å². The number of methoxy groups -OCH3 is 2. The van der Waals surface area contributed by atoms with E-state index in [-0.39, 0.29) is 23.6 Å². The third kappa shape index (κ3) is 5.88. The molecule has 2 heterocycles. The average molecular weight is 444 g/mol. The minimum atomic E-state index is -0.730. The lowest BCUT2D eigenvalue weighted by Crippen LogP contribution is -2.54. The average Bonchev–Trinajstić information content (AvgIpc) is 3.37. The zero-order valence-electron chi connectivity index (χ0n) is 18.3. The number of hydrogen-bond donors (Lipinski definition) is 2. The molecule has 0 aliphatic carbocycles. The molecule has 32 heavy (non-hydrogen) atoms. The maximum Gasteiger partial charge on any atom is 0.289 e. The summed E-state index contributed by atoms with van der Waals surface area (Å²) in [4.78, 5) is 40.0. The second kappa shape index (κ2) is 11.3. The van der Waals surface area contributed by atoms with Crippen molar-refractivity contribution in [3.8, 4) is 5.75 Å². The Hall–Kier alpha value is -3.33. The van der Waals surface area contributed by atoms with Gasteiger partial charge in [0.25, 0.3) is 11.8 Å². The molecule has 1 aliphatic rings. The molecule has 0 bridgehead atoms. The minimum Gasteiger partial charge on any atom is -0.497 e. The van der Waals surface area contributed by atoms with Gasteiger partial charge in [0.15, 0.2) is 5.76 Å². The van der Waals surface area contributed by atoms with Gasteiger partial charge in [-0.15, -0.1) is 0 Å². The van der Waals surface area contributed by atoms with Gasteiger partial charge in [-0.25, -0.2) is 0 Å². The van der Waals surface area contributed by atoms with Crippen LogP contribution in [0.4, 0.5) is 0 Å². The van der Waals surface area contributed by atoms with Gasteiger partial charge in [0.05, 0.1) is 20.0 Å². The predicted octanol–water partition coefficient (Wildman–Crippen LogP) is 1.70. The Balaban J connectivity index is 1.68. The van der Waals surface area contributed by atoms with E-state index in [1.807, 2.05) is 0 Å². The van der Waals surface area contributed by atoms with E-state index in [1.54, 1.807) is 48.4 Å². The second-order valence-electron chi connectivity index (χ2n) is 7.57. The number of nitrogens with zero attached hydrogens (tertiary/aromatic N) is 1. The molecule has 0 saturated carbocycles. The van der Waals surface area contributed by atoms with Crippen LogP contribution in [-0.2, 0) is 9.53 Å². The highest BCUT2D eigenvalue weighted by atomic mass is 16.5. The Bertz CT molecular complexity index is 906. The first kappa shape index (κ1) is 23.3. The van der Waals surface area contributed by atoms with Crippen molar-refractivity contribution in [2.45, 2.75) is 18.9 Å². The molecule has 9 heteroatoms. The largest absolute Gasteiger partial charge is 0.497 e. The van der Waals surface area contributed by atoms with Crippen LogP contribution in [0.3, 0.4) is 0 Å². The predicted molar refractivity (Wildman–Crippen MR) is 116 cm³/mol. The molecule has 1 aromatic heterocycles. The van der Waals surface area contributed by atoms with Crippen LogP contribution in [0.25, 0.3) is 0 Å². The highest BCUT2D eigenvalue weighted by molar-refractivity contribution is 5.98. The highest BCUT2D eigenvalue weighted by Gasteiger charge is 2.34. The molecule has 3 rings (SSSR count). The standard InChI is InChI=1S/C23H29N3O6/c1-30-14-10-24-22(28)20(25-21(27)17-5-3-6-18(15-17)31-2)16-8-11-26(12-9-16)23(29)19-7-4-13-32-19/h3-7,13,15-16,20H,8-12,14H2,1-2H3,(H,24,28)(H,25,27)/t20-/m1/s1. The van der Waals surface area contributed by atoms with Crippen LogP contribution < -0.4 is 15.4 Å². The highest BCUT2D eigenvalue weighted by Crippen LogP contribution is 2.23. The smallest absolute Gasteiger partial charge is 0.289 e. The molecule has 1 saturated heterocycles. The fraction of sp³-hybridized carbons (Fsp3) is 0.435. The third-order valence-corrected chi connectivity index (χ3v) is 5.54. The maximum absolute atomic E-state index is 12.9. The van der Waals surface area contributed by atoms with Crippen molar-refractivity contribution in [2.75, 3.05) is 40.5 Å². The summed E-state index contributed by atoms with van der Waals surface area (Å²) in [5, 5.41) is 5.70. The van der Waals surface area contributed by atoms with Crippen molar-refractivity contribution in [3.63, 3.8) is 0 Å². The van der Waals surface area contributed by atoms with Gasteiger partial charge in [-0.05, 0) is 49.1 Å². The van der Waals surface area contributed by atoms with Crippen molar-refractivity contribution >= 4 is 17.7 Å². The molecule has 2 N–H and O–H groups in total. The number of piperidine rings is 1. The summed E-state index contributed by atoms with van der Waals surface area (Å²) in [6.07, 6.45) is 2.62. The van der Waals surface area contributed by atoms with Gasteiger partial charge in [-0.3, -0.25) is 14.4 Å². The first-order chi connectivity index (χ1) is 15.5. The molecule has 0 spiro atoms. The summed E-state index contributed by atoms with van der Waals surface area (Å²) in [6, 6.07) is 9.34. The molecule has 2 aromatic rings. The van der Waals surface area contributed by atoms with Gasteiger partial charge >= 0.3 is 0 Å². The number of amides is 3. The van der Waals surface area contributed by atoms with Crippen molar-refractivity contribution in [1.29, 1.82) is 0 Å². The number of hydrogen-bond acceptors (Lipinski definition) is 6. The first-order valence-electron chi connectivity index (χ1n) is 10.6. The topological polar surface area (TPSA) is 110 Å². The lowest BCUT2D eigenvalue weighted by atomic mass is 9.88.